The lowest BCUT2D eigenvalue weighted by Gasteiger charge is -2.43. The van der Waals surface area contributed by atoms with Gasteiger partial charge in [-0.3, -0.25) is 57.5 Å². The molecule has 26 nitrogen and oxygen atoms in total. The highest BCUT2D eigenvalue weighted by molar-refractivity contribution is 7.91. The van der Waals surface area contributed by atoms with Crippen molar-refractivity contribution in [2.45, 2.75) is 223 Å². The number of hydrogen-bond donors (Lipinski definition) is 3. The first-order valence-electron chi connectivity index (χ1n) is 36.8. The van der Waals surface area contributed by atoms with Gasteiger partial charge in [0.2, 0.25) is 70.9 Å². The number of rotatable bonds is 11. The summed E-state index contributed by atoms with van der Waals surface area (Å²) in [7, 11) is 6.14. The first kappa shape index (κ1) is 83.2. The van der Waals surface area contributed by atoms with Crippen molar-refractivity contribution in [3.05, 3.63) is 34.3 Å². The molecule has 3 aliphatic heterocycles. The first-order chi connectivity index (χ1) is 48.4. The molecule has 8 atom stereocenters. The molecular weight excluding hydrogens is 1380 g/mol. The van der Waals surface area contributed by atoms with E-state index in [0.29, 0.717) is 51.4 Å². The number of fused-ring (bicyclic) bond motifs is 1. The molecule has 12 amide bonds. The Morgan fingerprint density at radius 2 is 1.23 bits per heavy atom. The number of aryl methyl sites for hydroxylation is 1. The fourth-order valence-corrected chi connectivity index (χ4v) is 17.2. The smallest absolute Gasteiger partial charge is 0.343 e. The van der Waals surface area contributed by atoms with Crippen molar-refractivity contribution in [2.24, 2.45) is 23.7 Å². The van der Waals surface area contributed by atoms with Crippen LogP contribution in [0.3, 0.4) is 0 Å². The van der Waals surface area contributed by atoms with Gasteiger partial charge in [0.15, 0.2) is 9.84 Å². The fourth-order valence-electron chi connectivity index (χ4n) is 15.7. The average molecular weight is 1490 g/mol. The third-order valence-electron chi connectivity index (χ3n) is 22.3. The van der Waals surface area contributed by atoms with E-state index in [1.807, 2.05) is 13.8 Å². The lowest BCUT2D eigenvalue weighted by atomic mass is 9.81. The molecule has 0 unspecified atom stereocenters. The van der Waals surface area contributed by atoms with Gasteiger partial charge >= 0.3 is 6.18 Å². The summed E-state index contributed by atoms with van der Waals surface area (Å²) in [5, 5.41) is 8.07. The Labute approximate surface area is 609 Å². The van der Waals surface area contributed by atoms with Gasteiger partial charge in [0.1, 0.15) is 47.8 Å². The second-order valence-corrected chi connectivity index (χ2v) is 33.0. The summed E-state index contributed by atoms with van der Waals surface area (Å²) < 4.78 is 67.2. The quantitative estimate of drug-likeness (QED) is 0.271. The number of amides is 12. The summed E-state index contributed by atoms with van der Waals surface area (Å²) in [6, 6.07) is -6.12. The van der Waals surface area contributed by atoms with E-state index in [0.717, 1.165) is 75.2 Å². The molecule has 6 fully saturated rings. The van der Waals surface area contributed by atoms with E-state index in [4.69, 9.17) is 11.6 Å². The summed E-state index contributed by atoms with van der Waals surface area (Å²) in [6.45, 7) is 4.95. The van der Waals surface area contributed by atoms with Crippen LogP contribution in [-0.2, 0) is 80.0 Å². The molecule has 31 heteroatoms. The van der Waals surface area contributed by atoms with E-state index in [1.54, 1.807) is 13.8 Å². The van der Waals surface area contributed by atoms with E-state index in [1.165, 1.54) is 75.0 Å². The topological polar surface area (TPSA) is 304 Å². The number of halogens is 4. The van der Waals surface area contributed by atoms with Crippen LogP contribution in [0.1, 0.15) is 174 Å². The van der Waals surface area contributed by atoms with Crippen LogP contribution in [0.25, 0.3) is 0 Å². The van der Waals surface area contributed by atoms with E-state index < -0.39 is 183 Å². The van der Waals surface area contributed by atoms with Crippen molar-refractivity contribution in [1.82, 2.24) is 60.0 Å². The molecule has 3 saturated carbocycles. The minimum atomic E-state index is -4.77. The lowest BCUT2D eigenvalue weighted by Crippen LogP contribution is -2.65. The SMILES string of the molecule is CC[C@H](C)[C@@H]1NC(=O)[C@H](CC(C)C)N(C)C(=O)C[C@@H](C(=O)N2CCS(=O)(=O)CC2)N(C)C(=O)[C@H](C2CCCCC2)N(C)C(=O)C2(CCCC2)NC(=O)[C@@H]2CCCN2C(=O)[C@H](CCc2ccc(C(F)(F)F)c(Cl)c2)NC(=O)CN(C)C(=O)[C@H](CC2CCCCC2)N(C)C(=O)CN(C)C(=O)CN(C)C1=O. The third kappa shape index (κ3) is 21.1. The fraction of sp³-hybridized carbons (Fsp3) is 0.750. The van der Waals surface area contributed by atoms with Crippen molar-refractivity contribution in [3.8, 4) is 0 Å². The van der Waals surface area contributed by atoms with Crippen LogP contribution < -0.4 is 16.0 Å². The molecule has 0 bridgehead atoms. The minimum Gasteiger partial charge on any atom is -0.343 e. The van der Waals surface area contributed by atoms with Crippen molar-refractivity contribution < 1.29 is 79.1 Å². The summed E-state index contributed by atoms with van der Waals surface area (Å²) in [5.41, 5.74) is -2.44. The number of nitrogens with zero attached hydrogens (tertiary/aromatic N) is 9. The number of likely N-dealkylation sites (N-methyl/N-ethyl adjacent to an activating group) is 7. The highest BCUT2D eigenvalue weighted by Gasteiger charge is 2.52. The molecule has 1 spiro atoms. The van der Waals surface area contributed by atoms with Crippen LogP contribution >= 0.6 is 11.6 Å². The first-order valence-corrected chi connectivity index (χ1v) is 39.0. The number of carbonyl (C=O) groups is 12. The van der Waals surface area contributed by atoms with Crippen LogP contribution in [0.5, 0.6) is 0 Å². The Morgan fingerprint density at radius 1 is 0.641 bits per heavy atom. The van der Waals surface area contributed by atoms with Gasteiger partial charge in [-0.1, -0.05) is 116 Å². The zero-order valence-corrected chi connectivity index (χ0v) is 63.5. The van der Waals surface area contributed by atoms with E-state index >= 15 is 28.8 Å². The van der Waals surface area contributed by atoms with Gasteiger partial charge in [-0.25, -0.2) is 8.42 Å². The molecule has 1 aromatic carbocycles. The molecule has 0 aromatic heterocycles. The van der Waals surface area contributed by atoms with Crippen LogP contribution in [0.4, 0.5) is 13.2 Å². The second-order valence-electron chi connectivity index (χ2n) is 30.3. The molecular formula is C72H110ClF3N12O14S. The highest BCUT2D eigenvalue weighted by atomic mass is 35.5. The number of alkyl halides is 3. The number of carbonyl (C=O) groups excluding carboxylic acids is 12. The molecule has 0 radical (unpaired) electrons. The van der Waals surface area contributed by atoms with Gasteiger partial charge in [0.25, 0.3) is 0 Å². The van der Waals surface area contributed by atoms with Crippen molar-refractivity contribution in [3.63, 3.8) is 0 Å². The largest absolute Gasteiger partial charge is 0.417 e. The maximum atomic E-state index is 15.8. The standard InChI is InChI=1S/C72H110ClF3N12O14S/c1-12-46(4)61-68(98)82(7)43-59(91)80(5)44-60(92)84(9)55(40-47-22-15-13-16-23-47)66(96)81(6)42-57(89)77-52(30-28-48-27-29-50(51(73)39-48)72(74,75)76)65(95)88-33-21-26-53(88)64(94)79-71(31-19-20-32-71)70(100)86(11)62(49-24-17-14-18-25-49)69(99)85(10)56(67(97)87-34-36-103(101,102)37-35-87)41-58(90)83(8)54(38-45(2)3)63(93)78-61/h27,29,39,45-47,49,52-56,61-62H,12-26,28,30-38,40-44H2,1-11H3,(H,77,89)(H,78,93)(H,79,94)/t46-,52-,53-,54-,55-,56-,61-,62-/m0/s1. The van der Waals surface area contributed by atoms with E-state index in [2.05, 4.69) is 16.0 Å². The molecule has 6 aliphatic rings. The van der Waals surface area contributed by atoms with Crippen LogP contribution in [-0.4, -0.2) is 271 Å². The number of benzene rings is 1. The Balaban J connectivity index is 1.30. The predicted octanol–water partition coefficient (Wildman–Crippen LogP) is 4.67. The van der Waals surface area contributed by atoms with Crippen LogP contribution in [0.15, 0.2) is 18.2 Å². The zero-order chi connectivity index (χ0) is 76.2. The highest BCUT2D eigenvalue weighted by Crippen LogP contribution is 2.39. The number of hydrogen-bond acceptors (Lipinski definition) is 14. The molecule has 3 heterocycles. The summed E-state index contributed by atoms with van der Waals surface area (Å²) >= 11 is 6.16. The lowest BCUT2D eigenvalue weighted by molar-refractivity contribution is -0.157. The zero-order valence-electron chi connectivity index (χ0n) is 62.0. The molecule has 7 rings (SSSR count). The Kier molecular flexibility index (Phi) is 29.3. The van der Waals surface area contributed by atoms with Crippen molar-refractivity contribution in [1.29, 1.82) is 0 Å². The summed E-state index contributed by atoms with van der Waals surface area (Å²) in [5.74, 6) is -10.5. The van der Waals surface area contributed by atoms with Gasteiger partial charge in [-0.05, 0) is 106 Å². The Hall–Kier alpha value is -7.11. The van der Waals surface area contributed by atoms with Gasteiger partial charge in [0, 0.05) is 69.0 Å². The average Bonchev–Trinajstić information content (AvgIpc) is 1.76. The van der Waals surface area contributed by atoms with Crippen LogP contribution in [0.2, 0.25) is 5.02 Å². The minimum absolute atomic E-state index is 0.00274. The monoisotopic (exact) mass is 1490 g/mol. The molecule has 576 valence electrons. The maximum absolute atomic E-state index is 15.8. The second kappa shape index (κ2) is 36.3. The van der Waals surface area contributed by atoms with Gasteiger partial charge in [0.05, 0.1) is 48.1 Å². The molecule has 1 aromatic rings. The van der Waals surface area contributed by atoms with Gasteiger partial charge in [-0.2, -0.15) is 13.2 Å². The van der Waals surface area contributed by atoms with Gasteiger partial charge in [-0.15, -0.1) is 0 Å². The molecule has 3 N–H and O–H groups in total. The Bertz CT molecular complexity index is 3370. The maximum Gasteiger partial charge on any atom is 0.417 e. The molecule has 3 aliphatic carbocycles. The summed E-state index contributed by atoms with van der Waals surface area (Å²) in [4.78, 5) is 190. The van der Waals surface area contributed by atoms with Crippen molar-refractivity contribution in [2.75, 3.05) is 100 Å². The van der Waals surface area contributed by atoms with E-state index in [-0.39, 0.29) is 93.5 Å². The van der Waals surface area contributed by atoms with Gasteiger partial charge < -0.3 is 60.0 Å². The number of nitrogens with one attached hydrogen (secondary N) is 3. The van der Waals surface area contributed by atoms with Crippen molar-refractivity contribution >= 4 is 92.3 Å². The van der Waals surface area contributed by atoms with Crippen LogP contribution in [0, 0.1) is 23.7 Å². The number of sulfone groups is 1. The third-order valence-corrected chi connectivity index (χ3v) is 24.3. The molecule has 3 saturated heterocycles. The van der Waals surface area contributed by atoms with E-state index in [9.17, 15) is 50.4 Å². The normalized spacial score (nSPS) is 27.0. The summed E-state index contributed by atoms with van der Waals surface area (Å²) in [6.07, 6.45) is 3.86. The predicted molar refractivity (Wildman–Crippen MR) is 378 cm³/mol. The Morgan fingerprint density at radius 3 is 1.83 bits per heavy atom. The molecule has 103 heavy (non-hydrogen) atoms.